The summed E-state index contributed by atoms with van der Waals surface area (Å²) >= 11 is 0. The molecule has 10 nitrogen and oxygen atoms in total. The first-order valence-corrected chi connectivity index (χ1v) is 8.96. The van der Waals surface area contributed by atoms with Gasteiger partial charge >= 0.3 is 23.9 Å². The number of carbonyl (C=O) groups excluding carboxylic acids is 4. The van der Waals surface area contributed by atoms with E-state index in [2.05, 4.69) is 0 Å². The summed E-state index contributed by atoms with van der Waals surface area (Å²) in [5.74, 6) is -3.50. The quantitative estimate of drug-likeness (QED) is 0.505. The van der Waals surface area contributed by atoms with E-state index in [-0.39, 0.29) is 45.3 Å². The first-order chi connectivity index (χ1) is 15.1. The first-order valence-electron chi connectivity index (χ1n) is 8.96. The molecule has 0 fully saturated rings. The molecular formula is C22H16N2O8. The zero-order chi connectivity index (χ0) is 24.0. The number of carbonyl (C=O) groups is 4. The fourth-order valence-corrected chi connectivity index (χ4v) is 2.74. The Balaban J connectivity index is 2.98. The molecule has 0 amide bonds. The third kappa shape index (κ3) is 5.46. The summed E-state index contributed by atoms with van der Waals surface area (Å²) in [6.07, 6.45) is 0. The SMILES string of the molecule is CC(=O)Oc1ccc(OC(C)=O)c(-c2cc(OC(C)=O)c(C#N)c(C#N)c2OC(C)=O)c1. The van der Waals surface area contributed by atoms with Crippen molar-refractivity contribution >= 4 is 23.9 Å². The molecular weight excluding hydrogens is 420 g/mol. The van der Waals surface area contributed by atoms with Crippen molar-refractivity contribution in [3.8, 4) is 46.3 Å². The fraction of sp³-hybridized carbons (Fsp3) is 0.182. The molecule has 10 heteroatoms. The van der Waals surface area contributed by atoms with Crippen LogP contribution in [-0.4, -0.2) is 23.9 Å². The Morgan fingerprint density at radius 3 is 1.69 bits per heavy atom. The van der Waals surface area contributed by atoms with E-state index in [0.29, 0.717) is 0 Å². The Morgan fingerprint density at radius 1 is 0.656 bits per heavy atom. The number of nitriles is 2. The van der Waals surface area contributed by atoms with Crippen molar-refractivity contribution in [3.05, 3.63) is 35.4 Å². The van der Waals surface area contributed by atoms with Gasteiger partial charge in [0, 0.05) is 38.8 Å². The van der Waals surface area contributed by atoms with E-state index < -0.39 is 23.9 Å². The van der Waals surface area contributed by atoms with Crippen LogP contribution in [0.15, 0.2) is 24.3 Å². The van der Waals surface area contributed by atoms with Crippen LogP contribution in [0.25, 0.3) is 11.1 Å². The molecule has 2 aromatic rings. The van der Waals surface area contributed by atoms with E-state index in [1.54, 1.807) is 12.1 Å². The lowest BCUT2D eigenvalue weighted by Crippen LogP contribution is -2.10. The molecule has 0 saturated heterocycles. The molecule has 0 spiro atoms. The van der Waals surface area contributed by atoms with Crippen LogP contribution in [0.2, 0.25) is 0 Å². The Kier molecular flexibility index (Phi) is 7.27. The second-order valence-corrected chi connectivity index (χ2v) is 6.26. The van der Waals surface area contributed by atoms with Gasteiger partial charge in [-0.1, -0.05) is 0 Å². The molecule has 0 N–H and O–H groups in total. The van der Waals surface area contributed by atoms with Crippen molar-refractivity contribution in [2.24, 2.45) is 0 Å². The minimum absolute atomic E-state index is 0.0303. The average molecular weight is 436 g/mol. The van der Waals surface area contributed by atoms with E-state index in [4.69, 9.17) is 18.9 Å². The molecule has 2 rings (SSSR count). The highest BCUT2D eigenvalue weighted by Gasteiger charge is 2.26. The number of esters is 4. The molecule has 0 unspecified atom stereocenters. The van der Waals surface area contributed by atoms with E-state index in [1.807, 2.05) is 0 Å². The molecule has 0 aliphatic carbocycles. The van der Waals surface area contributed by atoms with Crippen molar-refractivity contribution in [3.63, 3.8) is 0 Å². The van der Waals surface area contributed by atoms with Crippen LogP contribution in [0, 0.1) is 22.7 Å². The zero-order valence-corrected chi connectivity index (χ0v) is 17.5. The third-order valence-electron chi connectivity index (χ3n) is 3.72. The van der Waals surface area contributed by atoms with Crippen molar-refractivity contribution in [1.82, 2.24) is 0 Å². The number of hydrogen-bond acceptors (Lipinski definition) is 10. The molecule has 0 aliphatic rings. The normalized spacial score (nSPS) is 9.69. The van der Waals surface area contributed by atoms with Gasteiger partial charge in [0.25, 0.3) is 0 Å². The van der Waals surface area contributed by atoms with Crippen LogP contribution in [0.3, 0.4) is 0 Å². The largest absolute Gasteiger partial charge is 0.427 e. The summed E-state index contributed by atoms with van der Waals surface area (Å²) in [6.45, 7) is 4.51. The van der Waals surface area contributed by atoms with Crippen LogP contribution in [0.5, 0.6) is 23.0 Å². The highest BCUT2D eigenvalue weighted by Crippen LogP contribution is 2.44. The van der Waals surface area contributed by atoms with Crippen molar-refractivity contribution in [2.75, 3.05) is 0 Å². The molecule has 2 aromatic carbocycles. The van der Waals surface area contributed by atoms with Gasteiger partial charge in [-0.2, -0.15) is 10.5 Å². The van der Waals surface area contributed by atoms with Crippen LogP contribution in [0.4, 0.5) is 0 Å². The van der Waals surface area contributed by atoms with Gasteiger partial charge < -0.3 is 18.9 Å². The number of rotatable bonds is 5. The summed E-state index contributed by atoms with van der Waals surface area (Å²) in [7, 11) is 0. The molecule has 0 aliphatic heterocycles. The highest BCUT2D eigenvalue weighted by molar-refractivity contribution is 5.88. The maximum absolute atomic E-state index is 11.7. The van der Waals surface area contributed by atoms with Crippen LogP contribution in [-0.2, 0) is 19.2 Å². The van der Waals surface area contributed by atoms with Crippen LogP contribution in [0.1, 0.15) is 38.8 Å². The van der Waals surface area contributed by atoms with Gasteiger partial charge in [0.15, 0.2) is 11.5 Å². The van der Waals surface area contributed by atoms with E-state index in [1.165, 1.54) is 31.2 Å². The van der Waals surface area contributed by atoms with Gasteiger partial charge in [-0.3, -0.25) is 19.2 Å². The van der Waals surface area contributed by atoms with Crippen molar-refractivity contribution in [2.45, 2.75) is 27.7 Å². The summed E-state index contributed by atoms with van der Waals surface area (Å²) in [6, 6.07) is 8.68. The van der Waals surface area contributed by atoms with Crippen LogP contribution < -0.4 is 18.9 Å². The summed E-state index contributed by atoms with van der Waals surface area (Å²) < 4.78 is 20.5. The standard InChI is InChI=1S/C22H16N2O8/c1-11(25)29-15-5-6-20(30-12(2)26)16(7-15)17-8-21(31-13(3)27)18(9-23)19(10-24)22(17)32-14(4)28/h5-8H,1-4H3. The molecule has 0 aromatic heterocycles. The van der Waals surface area contributed by atoms with Crippen LogP contribution >= 0.6 is 0 Å². The lowest BCUT2D eigenvalue weighted by atomic mass is 9.96. The van der Waals surface area contributed by atoms with E-state index >= 15 is 0 Å². The Morgan fingerprint density at radius 2 is 1.19 bits per heavy atom. The maximum atomic E-state index is 11.7. The number of benzene rings is 2. The molecule has 0 bridgehead atoms. The van der Waals surface area contributed by atoms with Crippen molar-refractivity contribution in [1.29, 1.82) is 10.5 Å². The minimum atomic E-state index is -0.808. The predicted molar refractivity (Wildman–Crippen MR) is 107 cm³/mol. The summed E-state index contributed by atoms with van der Waals surface area (Å²) in [5.41, 5.74) is -0.696. The summed E-state index contributed by atoms with van der Waals surface area (Å²) in [5, 5.41) is 19.2. The smallest absolute Gasteiger partial charge is 0.308 e. The third-order valence-corrected chi connectivity index (χ3v) is 3.72. The fourth-order valence-electron chi connectivity index (χ4n) is 2.74. The number of ether oxygens (including phenoxy) is 4. The lowest BCUT2D eigenvalue weighted by molar-refractivity contribution is -0.133. The van der Waals surface area contributed by atoms with Gasteiger partial charge in [-0.15, -0.1) is 0 Å². The molecule has 0 heterocycles. The average Bonchev–Trinajstić information content (AvgIpc) is 2.68. The zero-order valence-electron chi connectivity index (χ0n) is 17.5. The second kappa shape index (κ2) is 9.87. The predicted octanol–water partition coefficient (Wildman–Crippen LogP) is 2.80. The second-order valence-electron chi connectivity index (χ2n) is 6.26. The molecule has 0 atom stereocenters. The topological polar surface area (TPSA) is 153 Å². The first kappa shape index (κ1) is 23.6. The number of hydrogen-bond donors (Lipinski definition) is 0. The Hall–Kier alpha value is -4.70. The van der Waals surface area contributed by atoms with E-state index in [0.717, 1.165) is 20.8 Å². The maximum Gasteiger partial charge on any atom is 0.308 e. The Labute approximate surface area is 182 Å². The van der Waals surface area contributed by atoms with Crippen molar-refractivity contribution < 1.29 is 38.1 Å². The van der Waals surface area contributed by atoms with Gasteiger partial charge in [-0.25, -0.2) is 0 Å². The van der Waals surface area contributed by atoms with Gasteiger partial charge in [-0.05, 0) is 24.3 Å². The van der Waals surface area contributed by atoms with Gasteiger partial charge in [0.1, 0.15) is 34.8 Å². The molecule has 32 heavy (non-hydrogen) atoms. The van der Waals surface area contributed by atoms with E-state index in [9.17, 15) is 29.7 Å². The lowest BCUT2D eigenvalue weighted by Gasteiger charge is -2.17. The minimum Gasteiger partial charge on any atom is -0.427 e. The molecule has 0 radical (unpaired) electrons. The molecule has 162 valence electrons. The Bertz CT molecular complexity index is 1220. The highest BCUT2D eigenvalue weighted by atomic mass is 16.5. The monoisotopic (exact) mass is 436 g/mol. The number of nitrogens with zero attached hydrogens (tertiary/aromatic N) is 2. The summed E-state index contributed by atoms with van der Waals surface area (Å²) in [4.78, 5) is 46.3. The van der Waals surface area contributed by atoms with Gasteiger partial charge in [0.05, 0.1) is 0 Å². The van der Waals surface area contributed by atoms with Gasteiger partial charge in [0.2, 0.25) is 0 Å². The molecule has 0 saturated carbocycles.